The molecule has 0 aliphatic heterocycles. The van der Waals surface area contributed by atoms with Gasteiger partial charge in [0.1, 0.15) is 4.92 Å². The van der Waals surface area contributed by atoms with Crippen LogP contribution in [0.25, 0.3) is 0 Å². The molecule has 0 aromatic carbocycles. The van der Waals surface area contributed by atoms with E-state index in [4.69, 9.17) is 4.42 Å². The molecular formula is C11H10N2O4S. The molecule has 0 atom stereocenters. The lowest BCUT2D eigenvalue weighted by molar-refractivity contribution is -0.402. The first-order valence-corrected chi connectivity index (χ1v) is 6.09. The molecule has 6 nitrogen and oxygen atoms in total. The number of nitro groups is 1. The largest absolute Gasteiger partial charge is 0.433 e. The maximum absolute atomic E-state index is 11.6. The van der Waals surface area contributed by atoms with Crippen LogP contribution in [-0.4, -0.2) is 17.4 Å². The zero-order valence-corrected chi connectivity index (χ0v) is 10.1. The Morgan fingerprint density at radius 3 is 2.89 bits per heavy atom. The van der Waals surface area contributed by atoms with Crippen LogP contribution in [0.1, 0.15) is 15.4 Å². The zero-order valence-electron chi connectivity index (χ0n) is 9.29. The van der Waals surface area contributed by atoms with E-state index in [1.54, 1.807) is 11.3 Å². The minimum absolute atomic E-state index is 0.0483. The topological polar surface area (TPSA) is 85.4 Å². The number of thiophene rings is 1. The second-order valence-corrected chi connectivity index (χ2v) is 4.51. The number of hydrogen-bond acceptors (Lipinski definition) is 5. The molecular weight excluding hydrogens is 256 g/mol. The summed E-state index contributed by atoms with van der Waals surface area (Å²) in [4.78, 5) is 22.5. The second-order valence-electron chi connectivity index (χ2n) is 3.48. The summed E-state index contributed by atoms with van der Waals surface area (Å²) < 4.78 is 4.79. The molecule has 0 saturated carbocycles. The fourth-order valence-electron chi connectivity index (χ4n) is 1.39. The van der Waals surface area contributed by atoms with Crippen LogP contribution in [0.2, 0.25) is 0 Å². The van der Waals surface area contributed by atoms with Gasteiger partial charge in [0.25, 0.3) is 5.91 Å². The molecule has 0 bridgehead atoms. The first-order chi connectivity index (χ1) is 8.66. The first kappa shape index (κ1) is 12.3. The molecule has 2 rings (SSSR count). The molecule has 0 radical (unpaired) electrons. The van der Waals surface area contributed by atoms with Gasteiger partial charge in [0, 0.05) is 11.4 Å². The maximum Gasteiger partial charge on any atom is 0.433 e. The molecule has 18 heavy (non-hydrogen) atoms. The van der Waals surface area contributed by atoms with E-state index < -0.39 is 16.7 Å². The molecule has 1 amide bonds. The Hall–Kier alpha value is -2.15. The predicted octanol–water partition coefficient (Wildman–Crippen LogP) is 2.22. The molecule has 0 aliphatic rings. The summed E-state index contributed by atoms with van der Waals surface area (Å²) in [5.74, 6) is -0.925. The molecule has 2 aromatic rings. The molecule has 94 valence electrons. The SMILES string of the molecule is O=C(NCCc1cccs1)c1ccc([N+](=O)[O-])o1. The third kappa shape index (κ3) is 2.95. The number of rotatable bonds is 5. The van der Waals surface area contributed by atoms with Crippen LogP contribution in [0.15, 0.2) is 34.1 Å². The highest BCUT2D eigenvalue weighted by molar-refractivity contribution is 7.09. The van der Waals surface area contributed by atoms with Crippen molar-refractivity contribution in [3.63, 3.8) is 0 Å². The van der Waals surface area contributed by atoms with Crippen LogP contribution in [-0.2, 0) is 6.42 Å². The van der Waals surface area contributed by atoms with Crippen molar-refractivity contribution in [2.75, 3.05) is 6.54 Å². The Morgan fingerprint density at radius 2 is 2.28 bits per heavy atom. The lowest BCUT2D eigenvalue weighted by Gasteiger charge is -2.00. The average molecular weight is 266 g/mol. The highest BCUT2D eigenvalue weighted by Crippen LogP contribution is 2.15. The van der Waals surface area contributed by atoms with Crippen molar-refractivity contribution in [2.45, 2.75) is 6.42 Å². The minimum Gasteiger partial charge on any atom is -0.395 e. The van der Waals surface area contributed by atoms with Crippen LogP contribution in [0.3, 0.4) is 0 Å². The highest BCUT2D eigenvalue weighted by Gasteiger charge is 2.16. The van der Waals surface area contributed by atoms with E-state index in [-0.39, 0.29) is 5.76 Å². The summed E-state index contributed by atoms with van der Waals surface area (Å²) in [7, 11) is 0. The van der Waals surface area contributed by atoms with E-state index in [0.717, 1.165) is 12.5 Å². The summed E-state index contributed by atoms with van der Waals surface area (Å²) >= 11 is 1.61. The lowest BCUT2D eigenvalue weighted by Crippen LogP contribution is -2.25. The van der Waals surface area contributed by atoms with Crippen LogP contribution in [0.4, 0.5) is 5.88 Å². The van der Waals surface area contributed by atoms with Crippen LogP contribution in [0.5, 0.6) is 0 Å². The molecule has 0 fully saturated rings. The smallest absolute Gasteiger partial charge is 0.395 e. The van der Waals surface area contributed by atoms with Gasteiger partial charge in [-0.15, -0.1) is 11.3 Å². The molecule has 0 aliphatic carbocycles. The number of carbonyl (C=O) groups is 1. The Bertz CT molecular complexity index is 547. The van der Waals surface area contributed by atoms with Crippen molar-refractivity contribution in [1.82, 2.24) is 5.32 Å². The van der Waals surface area contributed by atoms with Gasteiger partial charge < -0.3 is 9.73 Å². The van der Waals surface area contributed by atoms with Crippen LogP contribution < -0.4 is 5.32 Å². The molecule has 2 heterocycles. The number of nitrogens with one attached hydrogen (secondary N) is 1. The molecule has 1 N–H and O–H groups in total. The first-order valence-electron chi connectivity index (χ1n) is 5.21. The second kappa shape index (κ2) is 5.46. The monoisotopic (exact) mass is 266 g/mol. The average Bonchev–Trinajstić information content (AvgIpc) is 2.99. The molecule has 0 spiro atoms. The zero-order chi connectivity index (χ0) is 13.0. The molecule has 2 aromatic heterocycles. The normalized spacial score (nSPS) is 10.2. The van der Waals surface area contributed by atoms with E-state index in [1.165, 1.54) is 10.9 Å². The van der Waals surface area contributed by atoms with Gasteiger partial charge in [-0.25, -0.2) is 0 Å². The quantitative estimate of drug-likeness (QED) is 0.664. The van der Waals surface area contributed by atoms with Crippen molar-refractivity contribution in [1.29, 1.82) is 0 Å². The van der Waals surface area contributed by atoms with Crippen molar-refractivity contribution < 1.29 is 14.1 Å². The van der Waals surface area contributed by atoms with Gasteiger partial charge in [-0.1, -0.05) is 6.07 Å². The number of carbonyl (C=O) groups excluding carboxylic acids is 1. The van der Waals surface area contributed by atoms with E-state index in [1.807, 2.05) is 17.5 Å². The predicted molar refractivity (Wildman–Crippen MR) is 65.7 cm³/mol. The van der Waals surface area contributed by atoms with E-state index in [0.29, 0.717) is 6.54 Å². The number of hydrogen-bond donors (Lipinski definition) is 1. The summed E-state index contributed by atoms with van der Waals surface area (Å²) in [5.41, 5.74) is 0. The maximum atomic E-state index is 11.6. The van der Waals surface area contributed by atoms with Gasteiger partial charge in [-0.2, -0.15) is 0 Å². The fourth-order valence-corrected chi connectivity index (χ4v) is 2.10. The Labute approximate surface area is 106 Å². The van der Waals surface area contributed by atoms with Crippen LogP contribution >= 0.6 is 11.3 Å². The Kier molecular flexibility index (Phi) is 3.73. The summed E-state index contributed by atoms with van der Waals surface area (Å²) in [6.45, 7) is 0.466. The lowest BCUT2D eigenvalue weighted by atomic mass is 10.3. The standard InChI is InChI=1S/C11H10N2O4S/c14-11(9-3-4-10(17-9)13(15)16)12-6-5-8-2-1-7-18-8/h1-4,7H,5-6H2,(H,12,14). The van der Waals surface area contributed by atoms with E-state index in [2.05, 4.69) is 5.32 Å². The Balaban J connectivity index is 1.85. The molecule has 0 unspecified atom stereocenters. The van der Waals surface area contributed by atoms with Crippen molar-refractivity contribution in [3.8, 4) is 0 Å². The van der Waals surface area contributed by atoms with Gasteiger partial charge >= 0.3 is 5.88 Å². The fraction of sp³-hybridized carbons (Fsp3) is 0.182. The third-order valence-electron chi connectivity index (χ3n) is 2.23. The van der Waals surface area contributed by atoms with Crippen LogP contribution in [0, 0.1) is 10.1 Å². The third-order valence-corrected chi connectivity index (χ3v) is 3.17. The van der Waals surface area contributed by atoms with Crippen molar-refractivity contribution >= 4 is 23.1 Å². The van der Waals surface area contributed by atoms with E-state index >= 15 is 0 Å². The highest BCUT2D eigenvalue weighted by atomic mass is 32.1. The van der Waals surface area contributed by atoms with Crippen molar-refractivity contribution in [2.24, 2.45) is 0 Å². The van der Waals surface area contributed by atoms with Gasteiger partial charge in [-0.3, -0.25) is 14.9 Å². The Morgan fingerprint density at radius 1 is 1.44 bits per heavy atom. The summed E-state index contributed by atoms with van der Waals surface area (Å²) in [6.07, 6.45) is 0.728. The van der Waals surface area contributed by atoms with Crippen molar-refractivity contribution in [3.05, 3.63) is 50.4 Å². The number of nitrogens with zero attached hydrogens (tertiary/aromatic N) is 1. The molecule has 0 saturated heterocycles. The summed E-state index contributed by atoms with van der Waals surface area (Å²) in [5, 5.41) is 15.0. The summed E-state index contributed by atoms with van der Waals surface area (Å²) in [6, 6.07) is 6.37. The molecule has 7 heteroatoms. The van der Waals surface area contributed by atoms with Gasteiger partial charge in [-0.05, 0) is 23.9 Å². The van der Waals surface area contributed by atoms with Gasteiger partial charge in [0.2, 0.25) is 0 Å². The minimum atomic E-state index is -0.678. The van der Waals surface area contributed by atoms with Gasteiger partial charge in [0.15, 0.2) is 5.76 Å². The van der Waals surface area contributed by atoms with Gasteiger partial charge in [0.05, 0.1) is 6.07 Å². The number of amides is 1. The number of furan rings is 1. The van der Waals surface area contributed by atoms with E-state index in [9.17, 15) is 14.9 Å².